The summed E-state index contributed by atoms with van der Waals surface area (Å²) < 4.78 is 0. The summed E-state index contributed by atoms with van der Waals surface area (Å²) in [6.45, 7) is 4.31. The highest BCUT2D eigenvalue weighted by atomic mass is 16.4. The Morgan fingerprint density at radius 3 is 2.61 bits per heavy atom. The molecule has 6 heteroatoms. The number of carbonyl (C=O) groups is 1. The maximum absolute atomic E-state index is 11.1. The number of carboxylic acids is 1. The average Bonchev–Trinajstić information content (AvgIpc) is 2.58. The van der Waals surface area contributed by atoms with Crippen LogP contribution in [0.5, 0.6) is 5.75 Å². The Balaban J connectivity index is 1.61. The van der Waals surface area contributed by atoms with Gasteiger partial charge in [-0.25, -0.2) is 4.79 Å². The maximum Gasteiger partial charge on any atom is 0.339 e. The Labute approximate surface area is 134 Å². The van der Waals surface area contributed by atoms with Crippen molar-refractivity contribution in [2.75, 3.05) is 31.1 Å². The van der Waals surface area contributed by atoms with Crippen LogP contribution >= 0.6 is 0 Å². The van der Waals surface area contributed by atoms with Gasteiger partial charge < -0.3 is 15.1 Å². The van der Waals surface area contributed by atoms with Crippen molar-refractivity contribution in [3.63, 3.8) is 0 Å². The van der Waals surface area contributed by atoms with Crippen LogP contribution in [0.15, 0.2) is 42.7 Å². The monoisotopic (exact) mass is 313 g/mol. The van der Waals surface area contributed by atoms with Crippen molar-refractivity contribution in [2.24, 2.45) is 0 Å². The quantitative estimate of drug-likeness (QED) is 0.896. The molecule has 0 amide bonds. The second kappa shape index (κ2) is 6.66. The molecule has 1 aromatic carbocycles. The summed E-state index contributed by atoms with van der Waals surface area (Å²) in [6, 6.07) is 8.76. The average molecular weight is 313 g/mol. The van der Waals surface area contributed by atoms with Gasteiger partial charge in [-0.1, -0.05) is 6.07 Å². The van der Waals surface area contributed by atoms with Crippen molar-refractivity contribution in [1.29, 1.82) is 0 Å². The number of carboxylic acid groups (broad SMARTS) is 1. The van der Waals surface area contributed by atoms with Gasteiger partial charge in [-0.15, -0.1) is 0 Å². The number of aromatic nitrogens is 1. The normalized spacial score (nSPS) is 15.6. The van der Waals surface area contributed by atoms with Crippen molar-refractivity contribution < 1.29 is 15.0 Å². The van der Waals surface area contributed by atoms with E-state index in [0.717, 1.165) is 37.4 Å². The molecule has 0 aliphatic carbocycles. The first-order chi connectivity index (χ1) is 11.1. The molecule has 1 fully saturated rings. The lowest BCUT2D eigenvalue weighted by atomic mass is 10.1. The molecule has 0 unspecified atom stereocenters. The van der Waals surface area contributed by atoms with Gasteiger partial charge in [-0.05, 0) is 29.8 Å². The van der Waals surface area contributed by atoms with Gasteiger partial charge in [0.1, 0.15) is 11.3 Å². The smallest absolute Gasteiger partial charge is 0.339 e. The van der Waals surface area contributed by atoms with Crippen LogP contribution in [0.4, 0.5) is 5.69 Å². The van der Waals surface area contributed by atoms with Gasteiger partial charge in [0, 0.05) is 38.9 Å². The number of pyridine rings is 1. The van der Waals surface area contributed by atoms with E-state index in [9.17, 15) is 9.90 Å². The summed E-state index contributed by atoms with van der Waals surface area (Å²) in [6.07, 6.45) is 3.64. The summed E-state index contributed by atoms with van der Waals surface area (Å²) in [5.74, 6) is -1.30. The Morgan fingerprint density at radius 2 is 1.96 bits per heavy atom. The van der Waals surface area contributed by atoms with E-state index < -0.39 is 5.97 Å². The van der Waals surface area contributed by atoms with Gasteiger partial charge in [-0.3, -0.25) is 9.88 Å². The third-order valence-electron chi connectivity index (χ3n) is 4.08. The molecular weight excluding hydrogens is 294 g/mol. The van der Waals surface area contributed by atoms with E-state index in [4.69, 9.17) is 5.11 Å². The number of piperazine rings is 1. The van der Waals surface area contributed by atoms with Gasteiger partial charge in [0.05, 0.1) is 11.9 Å². The fourth-order valence-electron chi connectivity index (χ4n) is 2.82. The standard InChI is InChI=1S/C17H19N3O3/c21-16-4-3-13(10-15(16)17(22)23)12-19-6-8-20(9-7-19)14-2-1-5-18-11-14/h1-5,10-11,21H,6-9,12H2,(H,22,23). The number of hydrogen-bond donors (Lipinski definition) is 2. The topological polar surface area (TPSA) is 76.9 Å². The zero-order chi connectivity index (χ0) is 16.2. The van der Waals surface area contributed by atoms with Crippen LogP contribution in [0.2, 0.25) is 0 Å². The number of benzene rings is 1. The van der Waals surface area contributed by atoms with Gasteiger partial charge in [0.25, 0.3) is 0 Å². The Hall–Kier alpha value is -2.60. The molecule has 0 saturated carbocycles. The predicted molar refractivity (Wildman–Crippen MR) is 86.8 cm³/mol. The minimum absolute atomic E-state index is 0.0449. The van der Waals surface area contributed by atoms with E-state index in [1.165, 1.54) is 6.07 Å². The van der Waals surface area contributed by atoms with E-state index in [-0.39, 0.29) is 11.3 Å². The molecule has 2 N–H and O–H groups in total. The molecule has 1 aromatic heterocycles. The number of aromatic hydroxyl groups is 1. The summed E-state index contributed by atoms with van der Waals surface area (Å²) in [4.78, 5) is 19.8. The number of aromatic carboxylic acids is 1. The van der Waals surface area contributed by atoms with Crippen LogP contribution in [0.1, 0.15) is 15.9 Å². The van der Waals surface area contributed by atoms with Gasteiger partial charge in [-0.2, -0.15) is 0 Å². The second-order valence-electron chi connectivity index (χ2n) is 5.63. The highest BCUT2D eigenvalue weighted by molar-refractivity contribution is 5.90. The SMILES string of the molecule is O=C(O)c1cc(CN2CCN(c3cccnc3)CC2)ccc1O. The third kappa shape index (κ3) is 3.60. The highest BCUT2D eigenvalue weighted by Gasteiger charge is 2.18. The van der Waals surface area contributed by atoms with E-state index in [0.29, 0.717) is 6.54 Å². The van der Waals surface area contributed by atoms with Crippen molar-refractivity contribution in [1.82, 2.24) is 9.88 Å². The lowest BCUT2D eigenvalue weighted by Gasteiger charge is -2.36. The molecule has 0 spiro atoms. The van der Waals surface area contributed by atoms with E-state index in [2.05, 4.69) is 20.9 Å². The molecule has 3 rings (SSSR count). The van der Waals surface area contributed by atoms with Crippen molar-refractivity contribution >= 4 is 11.7 Å². The Bertz CT molecular complexity index is 683. The van der Waals surface area contributed by atoms with Gasteiger partial charge >= 0.3 is 5.97 Å². The molecular formula is C17H19N3O3. The lowest BCUT2D eigenvalue weighted by molar-refractivity contribution is 0.0693. The molecule has 2 heterocycles. The molecule has 23 heavy (non-hydrogen) atoms. The molecule has 6 nitrogen and oxygen atoms in total. The lowest BCUT2D eigenvalue weighted by Crippen LogP contribution is -2.46. The van der Waals surface area contributed by atoms with Crippen LogP contribution < -0.4 is 4.90 Å². The Kier molecular flexibility index (Phi) is 4.43. The zero-order valence-corrected chi connectivity index (χ0v) is 12.7. The molecule has 2 aromatic rings. The van der Waals surface area contributed by atoms with Crippen LogP contribution in [-0.2, 0) is 6.54 Å². The molecule has 1 saturated heterocycles. The molecule has 0 radical (unpaired) electrons. The zero-order valence-electron chi connectivity index (χ0n) is 12.7. The molecule has 1 aliphatic rings. The second-order valence-corrected chi connectivity index (χ2v) is 5.63. The third-order valence-corrected chi connectivity index (χ3v) is 4.08. The number of nitrogens with zero attached hydrogens (tertiary/aromatic N) is 3. The fourth-order valence-corrected chi connectivity index (χ4v) is 2.82. The van der Waals surface area contributed by atoms with Crippen molar-refractivity contribution in [2.45, 2.75) is 6.54 Å². The van der Waals surface area contributed by atoms with Crippen molar-refractivity contribution in [3.8, 4) is 5.75 Å². The highest BCUT2D eigenvalue weighted by Crippen LogP contribution is 2.20. The van der Waals surface area contributed by atoms with E-state index in [1.54, 1.807) is 18.3 Å². The number of phenols is 1. The number of anilines is 1. The van der Waals surface area contributed by atoms with E-state index >= 15 is 0 Å². The van der Waals surface area contributed by atoms with Gasteiger partial charge in [0.15, 0.2) is 0 Å². The number of rotatable bonds is 4. The minimum Gasteiger partial charge on any atom is -0.507 e. The van der Waals surface area contributed by atoms with Crippen LogP contribution in [0, 0.1) is 0 Å². The Morgan fingerprint density at radius 1 is 1.17 bits per heavy atom. The maximum atomic E-state index is 11.1. The molecule has 0 atom stereocenters. The summed E-state index contributed by atoms with van der Waals surface area (Å²) in [5, 5.41) is 18.6. The van der Waals surface area contributed by atoms with Gasteiger partial charge in [0.2, 0.25) is 0 Å². The molecule has 0 bridgehead atoms. The van der Waals surface area contributed by atoms with E-state index in [1.807, 2.05) is 12.3 Å². The first kappa shape index (κ1) is 15.3. The molecule has 120 valence electrons. The number of hydrogen-bond acceptors (Lipinski definition) is 5. The summed E-state index contributed by atoms with van der Waals surface area (Å²) in [7, 11) is 0. The largest absolute Gasteiger partial charge is 0.507 e. The van der Waals surface area contributed by atoms with Crippen LogP contribution in [-0.4, -0.2) is 52.2 Å². The molecule has 1 aliphatic heterocycles. The fraction of sp³-hybridized carbons (Fsp3) is 0.294. The summed E-state index contributed by atoms with van der Waals surface area (Å²) in [5.41, 5.74) is 1.98. The first-order valence-electron chi connectivity index (χ1n) is 7.56. The summed E-state index contributed by atoms with van der Waals surface area (Å²) >= 11 is 0. The van der Waals surface area contributed by atoms with Crippen molar-refractivity contribution in [3.05, 3.63) is 53.9 Å². The first-order valence-corrected chi connectivity index (χ1v) is 7.56. The predicted octanol–water partition coefficient (Wildman–Crippen LogP) is 1.81. The van der Waals surface area contributed by atoms with Crippen LogP contribution in [0.3, 0.4) is 0 Å². The minimum atomic E-state index is -1.11. The van der Waals surface area contributed by atoms with Crippen LogP contribution in [0.25, 0.3) is 0 Å².